The van der Waals surface area contributed by atoms with E-state index in [9.17, 15) is 4.79 Å². The molecule has 0 spiro atoms. The van der Waals surface area contributed by atoms with Gasteiger partial charge in [0.2, 0.25) is 0 Å². The molecule has 2 heterocycles. The highest BCUT2D eigenvalue weighted by molar-refractivity contribution is 6.30. The van der Waals surface area contributed by atoms with E-state index in [2.05, 4.69) is 15.5 Å². The number of hydrogen-bond acceptors (Lipinski definition) is 3. The van der Waals surface area contributed by atoms with Gasteiger partial charge in [-0.15, -0.1) is 12.4 Å². The molecule has 0 saturated heterocycles. The van der Waals surface area contributed by atoms with Crippen LogP contribution in [0.5, 0.6) is 0 Å². The maximum absolute atomic E-state index is 12.8. The van der Waals surface area contributed by atoms with Crippen LogP contribution in [-0.4, -0.2) is 34.6 Å². The topological polar surface area (TPSA) is 61.0 Å². The summed E-state index contributed by atoms with van der Waals surface area (Å²) in [4.78, 5) is 14.5. The van der Waals surface area contributed by atoms with Crippen molar-refractivity contribution < 1.29 is 4.79 Å². The van der Waals surface area contributed by atoms with E-state index >= 15 is 0 Å². The molecule has 23 heavy (non-hydrogen) atoms. The molecular weight excluding hydrogens is 335 g/mol. The Hall–Kier alpha value is -1.56. The van der Waals surface area contributed by atoms with Gasteiger partial charge in [0.15, 0.2) is 5.69 Å². The largest absolute Gasteiger partial charge is 0.334 e. The average molecular weight is 355 g/mol. The van der Waals surface area contributed by atoms with Gasteiger partial charge in [0.05, 0.1) is 6.04 Å². The number of carbonyl (C=O) groups excluding carboxylic acids is 1. The van der Waals surface area contributed by atoms with Gasteiger partial charge in [0.25, 0.3) is 5.91 Å². The van der Waals surface area contributed by atoms with E-state index in [0.29, 0.717) is 17.3 Å². The zero-order valence-electron chi connectivity index (χ0n) is 13.1. The normalized spacial score (nSPS) is 14.6. The van der Waals surface area contributed by atoms with Gasteiger partial charge in [0, 0.05) is 42.8 Å². The van der Waals surface area contributed by atoms with Gasteiger partial charge in [-0.3, -0.25) is 9.89 Å². The Kier molecular flexibility index (Phi) is 5.68. The first-order valence-corrected chi connectivity index (χ1v) is 7.75. The lowest BCUT2D eigenvalue weighted by atomic mass is 10.0. The number of aromatic nitrogens is 2. The highest BCUT2D eigenvalue weighted by Crippen LogP contribution is 2.24. The molecule has 1 aliphatic heterocycles. The van der Waals surface area contributed by atoms with Crippen molar-refractivity contribution in [1.29, 1.82) is 0 Å². The second-order valence-corrected chi connectivity index (χ2v) is 6.04. The Morgan fingerprint density at radius 2 is 2.22 bits per heavy atom. The fourth-order valence-corrected chi connectivity index (χ4v) is 2.93. The summed E-state index contributed by atoms with van der Waals surface area (Å²) in [7, 11) is 1.80. The number of carbonyl (C=O) groups is 1. The van der Waals surface area contributed by atoms with Crippen LogP contribution in [0, 0.1) is 0 Å². The highest BCUT2D eigenvalue weighted by atomic mass is 35.5. The minimum Gasteiger partial charge on any atom is -0.334 e. The summed E-state index contributed by atoms with van der Waals surface area (Å²) in [6, 6.07) is 7.51. The molecule has 2 aromatic rings. The number of aromatic amines is 1. The predicted molar refractivity (Wildman–Crippen MR) is 93.2 cm³/mol. The summed E-state index contributed by atoms with van der Waals surface area (Å²) >= 11 is 6.04. The fourth-order valence-electron chi connectivity index (χ4n) is 2.74. The van der Waals surface area contributed by atoms with Crippen molar-refractivity contribution in [2.45, 2.75) is 25.9 Å². The molecule has 1 aromatic heterocycles. The van der Waals surface area contributed by atoms with Crippen molar-refractivity contribution in [1.82, 2.24) is 20.4 Å². The SMILES string of the molecule is CC(c1cccc(Cl)c1)N(C)C(=O)c1n[nH]c2c1CNCC2.Cl. The summed E-state index contributed by atoms with van der Waals surface area (Å²) in [6.45, 7) is 3.59. The van der Waals surface area contributed by atoms with E-state index in [1.165, 1.54) is 0 Å². The zero-order chi connectivity index (χ0) is 15.7. The van der Waals surface area contributed by atoms with Crippen molar-refractivity contribution in [3.63, 3.8) is 0 Å². The van der Waals surface area contributed by atoms with Crippen LogP contribution < -0.4 is 5.32 Å². The third kappa shape index (κ3) is 3.52. The molecule has 3 rings (SSSR count). The van der Waals surface area contributed by atoms with E-state index < -0.39 is 0 Å². The number of fused-ring (bicyclic) bond motifs is 1. The summed E-state index contributed by atoms with van der Waals surface area (Å²) < 4.78 is 0. The van der Waals surface area contributed by atoms with Crippen molar-refractivity contribution in [2.75, 3.05) is 13.6 Å². The van der Waals surface area contributed by atoms with Crippen molar-refractivity contribution in [2.24, 2.45) is 0 Å². The third-order valence-electron chi connectivity index (χ3n) is 4.24. The Morgan fingerprint density at radius 1 is 1.43 bits per heavy atom. The smallest absolute Gasteiger partial charge is 0.274 e. The lowest BCUT2D eigenvalue weighted by molar-refractivity contribution is 0.0735. The molecule has 0 saturated carbocycles. The van der Waals surface area contributed by atoms with E-state index in [1.807, 2.05) is 31.2 Å². The lowest BCUT2D eigenvalue weighted by Crippen LogP contribution is -2.32. The molecule has 0 aliphatic carbocycles. The predicted octanol–water partition coefficient (Wildman–Crippen LogP) is 2.96. The minimum absolute atomic E-state index is 0. The molecule has 2 N–H and O–H groups in total. The average Bonchev–Trinajstić information content (AvgIpc) is 2.96. The van der Waals surface area contributed by atoms with E-state index in [4.69, 9.17) is 11.6 Å². The van der Waals surface area contributed by atoms with Crippen LogP contribution in [0.1, 0.15) is 40.3 Å². The molecule has 1 amide bonds. The monoisotopic (exact) mass is 354 g/mol. The molecule has 1 atom stereocenters. The number of hydrogen-bond donors (Lipinski definition) is 2. The van der Waals surface area contributed by atoms with Crippen molar-refractivity contribution in [3.05, 3.63) is 51.8 Å². The van der Waals surface area contributed by atoms with Crippen LogP contribution >= 0.6 is 24.0 Å². The molecule has 1 unspecified atom stereocenters. The molecule has 1 aliphatic rings. The molecule has 7 heteroatoms. The number of halogens is 2. The first-order valence-electron chi connectivity index (χ1n) is 7.37. The van der Waals surface area contributed by atoms with Gasteiger partial charge in [0.1, 0.15) is 0 Å². The molecular formula is C16H20Cl2N4O. The molecule has 1 aromatic carbocycles. The first-order chi connectivity index (χ1) is 10.6. The maximum atomic E-state index is 12.8. The number of amides is 1. The second kappa shape index (κ2) is 7.34. The van der Waals surface area contributed by atoms with Crippen LogP contribution in [0.15, 0.2) is 24.3 Å². The van der Waals surface area contributed by atoms with E-state index in [-0.39, 0.29) is 24.4 Å². The van der Waals surface area contributed by atoms with E-state index in [0.717, 1.165) is 29.8 Å². The molecule has 0 radical (unpaired) electrons. The standard InChI is InChI=1S/C16H19ClN4O.ClH/c1-10(11-4-3-5-12(17)8-11)21(2)16(22)15-13-9-18-7-6-14(13)19-20-15;/h3-5,8,10,18H,6-7,9H2,1-2H3,(H,19,20);1H. The highest BCUT2D eigenvalue weighted by Gasteiger charge is 2.26. The number of benzene rings is 1. The van der Waals surface area contributed by atoms with Crippen LogP contribution in [0.2, 0.25) is 5.02 Å². The summed E-state index contributed by atoms with van der Waals surface area (Å²) in [5, 5.41) is 11.2. The summed E-state index contributed by atoms with van der Waals surface area (Å²) in [5.41, 5.74) is 3.57. The van der Waals surface area contributed by atoms with Gasteiger partial charge in [-0.05, 0) is 24.6 Å². The Balaban J connectivity index is 0.00000192. The van der Waals surface area contributed by atoms with Gasteiger partial charge >= 0.3 is 0 Å². The van der Waals surface area contributed by atoms with E-state index in [1.54, 1.807) is 11.9 Å². The van der Waals surface area contributed by atoms with Gasteiger partial charge in [-0.1, -0.05) is 23.7 Å². The molecule has 124 valence electrons. The fraction of sp³-hybridized carbons (Fsp3) is 0.375. The Morgan fingerprint density at radius 3 is 2.96 bits per heavy atom. The third-order valence-corrected chi connectivity index (χ3v) is 4.48. The van der Waals surface area contributed by atoms with Crippen LogP contribution in [0.25, 0.3) is 0 Å². The molecule has 0 bridgehead atoms. The number of nitrogens with zero attached hydrogens (tertiary/aromatic N) is 2. The Bertz CT molecular complexity index is 701. The number of H-pyrrole nitrogens is 1. The number of nitrogens with one attached hydrogen (secondary N) is 2. The van der Waals surface area contributed by atoms with Crippen LogP contribution in [-0.2, 0) is 13.0 Å². The Labute approximate surface area is 146 Å². The van der Waals surface area contributed by atoms with Crippen molar-refractivity contribution >= 4 is 29.9 Å². The van der Waals surface area contributed by atoms with Gasteiger partial charge in [-0.2, -0.15) is 5.10 Å². The second-order valence-electron chi connectivity index (χ2n) is 5.60. The minimum atomic E-state index is -0.0753. The van der Waals surface area contributed by atoms with Crippen LogP contribution in [0.4, 0.5) is 0 Å². The maximum Gasteiger partial charge on any atom is 0.274 e. The van der Waals surface area contributed by atoms with Crippen LogP contribution in [0.3, 0.4) is 0 Å². The van der Waals surface area contributed by atoms with Crippen molar-refractivity contribution in [3.8, 4) is 0 Å². The number of rotatable bonds is 3. The zero-order valence-corrected chi connectivity index (χ0v) is 14.7. The summed E-state index contributed by atoms with van der Waals surface area (Å²) in [5.74, 6) is -0.0753. The first kappa shape index (κ1) is 17.8. The lowest BCUT2D eigenvalue weighted by Gasteiger charge is -2.25. The quantitative estimate of drug-likeness (QED) is 0.890. The molecule has 5 nitrogen and oxygen atoms in total. The molecule has 0 fully saturated rings. The van der Waals surface area contributed by atoms with Gasteiger partial charge < -0.3 is 10.2 Å². The summed E-state index contributed by atoms with van der Waals surface area (Å²) in [6.07, 6.45) is 0.878. The van der Waals surface area contributed by atoms with Gasteiger partial charge in [-0.25, -0.2) is 0 Å².